The summed E-state index contributed by atoms with van der Waals surface area (Å²) >= 11 is 0. The van der Waals surface area contributed by atoms with Crippen molar-refractivity contribution in [2.45, 2.75) is 51.2 Å². The van der Waals surface area contributed by atoms with Gasteiger partial charge in [-0.3, -0.25) is 9.69 Å². The molecule has 1 amide bonds. The Bertz CT molecular complexity index is 793. The topological polar surface area (TPSA) is 44.8 Å². The summed E-state index contributed by atoms with van der Waals surface area (Å²) in [6, 6.07) is 18.6. The molecule has 5 nitrogen and oxygen atoms in total. The van der Waals surface area contributed by atoms with E-state index in [0.717, 1.165) is 44.7 Å². The smallest absolute Gasteiger partial charge is 0.238 e. The van der Waals surface area contributed by atoms with Crippen molar-refractivity contribution in [1.29, 1.82) is 0 Å². The van der Waals surface area contributed by atoms with Gasteiger partial charge in [-0.25, -0.2) is 0 Å². The van der Waals surface area contributed by atoms with Gasteiger partial charge in [0.15, 0.2) is 0 Å². The molecular weight excluding hydrogens is 386 g/mol. The number of hydrogen-bond donors (Lipinski definition) is 1. The summed E-state index contributed by atoms with van der Waals surface area (Å²) in [4.78, 5) is 17.2. The van der Waals surface area contributed by atoms with E-state index >= 15 is 0 Å². The largest absolute Gasteiger partial charge is 0.373 e. The van der Waals surface area contributed by atoms with Crippen LogP contribution >= 0.6 is 0 Å². The molecule has 166 valence electrons. The number of carbonyl (C=O) groups excluding carboxylic acids is 1. The number of likely N-dealkylation sites (tertiary alicyclic amines) is 1. The maximum atomic E-state index is 12.5. The van der Waals surface area contributed by atoms with Crippen LogP contribution < -0.4 is 10.2 Å². The van der Waals surface area contributed by atoms with Gasteiger partial charge in [0, 0.05) is 37.6 Å². The Hall–Kier alpha value is -2.37. The van der Waals surface area contributed by atoms with Crippen LogP contribution in [0.15, 0.2) is 54.6 Å². The molecular formula is C26H35N3O2. The molecule has 0 spiro atoms. The highest BCUT2D eigenvalue weighted by Gasteiger charge is 2.21. The van der Waals surface area contributed by atoms with Gasteiger partial charge in [-0.15, -0.1) is 0 Å². The molecule has 2 aromatic carbocycles. The average molecular weight is 422 g/mol. The van der Waals surface area contributed by atoms with Crippen LogP contribution in [0.1, 0.15) is 44.1 Å². The first-order valence-electron chi connectivity index (χ1n) is 11.8. The summed E-state index contributed by atoms with van der Waals surface area (Å²) in [5.74, 6) is 0.0613. The zero-order valence-electron chi connectivity index (χ0n) is 18.5. The van der Waals surface area contributed by atoms with Gasteiger partial charge in [0.1, 0.15) is 0 Å². The van der Waals surface area contributed by atoms with Crippen molar-refractivity contribution in [2.24, 2.45) is 0 Å². The Labute approximate surface area is 186 Å². The molecule has 0 radical (unpaired) electrons. The molecule has 4 rings (SSSR count). The van der Waals surface area contributed by atoms with Gasteiger partial charge in [-0.1, -0.05) is 43.2 Å². The third kappa shape index (κ3) is 6.81. The van der Waals surface area contributed by atoms with Crippen LogP contribution in [0, 0.1) is 0 Å². The van der Waals surface area contributed by atoms with Gasteiger partial charge < -0.3 is 15.0 Å². The van der Waals surface area contributed by atoms with Crippen molar-refractivity contribution < 1.29 is 9.53 Å². The van der Waals surface area contributed by atoms with Crippen LogP contribution in [0.3, 0.4) is 0 Å². The Balaban J connectivity index is 1.17. The van der Waals surface area contributed by atoms with Crippen LogP contribution in [0.2, 0.25) is 0 Å². The van der Waals surface area contributed by atoms with Crippen molar-refractivity contribution in [2.75, 3.05) is 42.9 Å². The van der Waals surface area contributed by atoms with E-state index in [4.69, 9.17) is 4.74 Å². The zero-order valence-corrected chi connectivity index (χ0v) is 18.5. The highest BCUT2D eigenvalue weighted by molar-refractivity contribution is 5.92. The molecule has 5 heteroatoms. The second-order valence-corrected chi connectivity index (χ2v) is 8.77. The fourth-order valence-electron chi connectivity index (χ4n) is 4.51. The third-order valence-corrected chi connectivity index (χ3v) is 6.35. The quantitative estimate of drug-likeness (QED) is 0.705. The number of benzene rings is 2. The molecule has 2 aliphatic rings. The van der Waals surface area contributed by atoms with Crippen molar-refractivity contribution in [3.8, 4) is 0 Å². The minimum Gasteiger partial charge on any atom is -0.373 e. The number of anilines is 2. The van der Waals surface area contributed by atoms with Gasteiger partial charge >= 0.3 is 0 Å². The molecule has 1 N–H and O–H groups in total. The number of amides is 1. The predicted molar refractivity (Wildman–Crippen MR) is 126 cm³/mol. The lowest BCUT2D eigenvalue weighted by molar-refractivity contribution is -0.118. The lowest BCUT2D eigenvalue weighted by Crippen LogP contribution is -2.41. The molecule has 0 aromatic heterocycles. The predicted octanol–water partition coefficient (Wildman–Crippen LogP) is 4.69. The normalized spacial score (nSPS) is 18.5. The number of ether oxygens (including phenoxy) is 1. The van der Waals surface area contributed by atoms with Crippen LogP contribution in [-0.2, 0) is 16.1 Å². The van der Waals surface area contributed by atoms with Crippen molar-refractivity contribution in [3.63, 3.8) is 0 Å². The molecule has 0 saturated carbocycles. The van der Waals surface area contributed by atoms with Crippen molar-refractivity contribution >= 4 is 17.3 Å². The molecule has 0 aliphatic carbocycles. The van der Waals surface area contributed by atoms with E-state index in [9.17, 15) is 4.79 Å². The number of rotatable bonds is 7. The summed E-state index contributed by atoms with van der Waals surface area (Å²) in [7, 11) is 0. The van der Waals surface area contributed by atoms with E-state index in [1.165, 1.54) is 36.9 Å². The number of hydrogen-bond acceptors (Lipinski definition) is 4. The molecule has 2 fully saturated rings. The highest BCUT2D eigenvalue weighted by Crippen LogP contribution is 2.22. The molecule has 0 bridgehead atoms. The van der Waals surface area contributed by atoms with Crippen LogP contribution in [0.5, 0.6) is 0 Å². The van der Waals surface area contributed by atoms with Gasteiger partial charge in [0.25, 0.3) is 0 Å². The van der Waals surface area contributed by atoms with Crippen molar-refractivity contribution in [3.05, 3.63) is 60.2 Å². The number of nitrogens with zero attached hydrogens (tertiary/aromatic N) is 2. The van der Waals surface area contributed by atoms with Crippen LogP contribution in [0.4, 0.5) is 11.4 Å². The Kier molecular flexibility index (Phi) is 7.97. The molecule has 2 saturated heterocycles. The monoisotopic (exact) mass is 421 g/mol. The summed E-state index contributed by atoms with van der Waals surface area (Å²) < 4.78 is 6.06. The Morgan fingerprint density at radius 1 is 0.871 bits per heavy atom. The minimum atomic E-state index is 0.0613. The third-order valence-electron chi connectivity index (χ3n) is 6.35. The van der Waals surface area contributed by atoms with Crippen molar-refractivity contribution in [1.82, 2.24) is 4.90 Å². The highest BCUT2D eigenvalue weighted by atomic mass is 16.5. The fraction of sp³-hybridized carbons (Fsp3) is 0.500. The number of nitrogens with one attached hydrogen (secondary N) is 1. The fourth-order valence-corrected chi connectivity index (χ4v) is 4.51. The van der Waals surface area contributed by atoms with Crippen LogP contribution in [0.25, 0.3) is 0 Å². The summed E-state index contributed by atoms with van der Waals surface area (Å²) in [5, 5.41) is 3.06. The van der Waals surface area contributed by atoms with Gasteiger partial charge in [-0.05, 0) is 55.5 Å². The second kappa shape index (κ2) is 11.3. The molecule has 31 heavy (non-hydrogen) atoms. The molecule has 0 atom stereocenters. The average Bonchev–Trinajstić information content (AvgIpc) is 3.09. The Morgan fingerprint density at radius 3 is 2.23 bits per heavy atom. The zero-order chi connectivity index (χ0) is 21.3. The van der Waals surface area contributed by atoms with Crippen LogP contribution in [-0.4, -0.2) is 49.6 Å². The summed E-state index contributed by atoms with van der Waals surface area (Å²) in [5.41, 5.74) is 3.35. The molecule has 0 unspecified atom stereocenters. The first-order chi connectivity index (χ1) is 15.3. The molecule has 2 aromatic rings. The lowest BCUT2D eigenvalue weighted by atomic mass is 10.1. The SMILES string of the molecule is O=C(CN1CCC(OCc2ccccc2)CC1)Nc1ccc(N2CCCCCC2)cc1. The van der Waals surface area contributed by atoms with E-state index in [-0.39, 0.29) is 12.0 Å². The van der Waals surface area contributed by atoms with E-state index in [1.54, 1.807) is 0 Å². The summed E-state index contributed by atoms with van der Waals surface area (Å²) in [6.07, 6.45) is 7.45. The minimum absolute atomic E-state index is 0.0613. The number of carbonyl (C=O) groups is 1. The van der Waals surface area contributed by atoms with Gasteiger partial charge in [0.05, 0.1) is 19.3 Å². The first-order valence-corrected chi connectivity index (χ1v) is 11.8. The lowest BCUT2D eigenvalue weighted by Gasteiger charge is -2.31. The van der Waals surface area contributed by atoms with E-state index in [2.05, 4.69) is 39.4 Å². The first kappa shape index (κ1) is 21.8. The maximum Gasteiger partial charge on any atom is 0.238 e. The van der Waals surface area contributed by atoms with Gasteiger partial charge in [0.2, 0.25) is 5.91 Å². The van der Waals surface area contributed by atoms with Gasteiger partial charge in [-0.2, -0.15) is 0 Å². The molecule has 2 heterocycles. The van der Waals surface area contributed by atoms with E-state index in [1.807, 2.05) is 30.3 Å². The standard InChI is InChI=1S/C26H35N3O2/c30-26(27-23-10-12-24(13-11-23)29-16-6-1-2-7-17-29)20-28-18-14-25(15-19-28)31-21-22-8-4-3-5-9-22/h3-5,8-13,25H,1-2,6-7,14-21H2,(H,27,30). The Morgan fingerprint density at radius 2 is 1.55 bits per heavy atom. The summed E-state index contributed by atoms with van der Waals surface area (Å²) in [6.45, 7) is 5.19. The van der Waals surface area contributed by atoms with E-state index in [0.29, 0.717) is 13.2 Å². The number of piperidine rings is 1. The maximum absolute atomic E-state index is 12.5. The second-order valence-electron chi connectivity index (χ2n) is 8.77. The molecule has 2 aliphatic heterocycles. The van der Waals surface area contributed by atoms with E-state index < -0.39 is 0 Å².